The molecular formula is C21H26N2O5. The first kappa shape index (κ1) is 18.9. The lowest BCUT2D eigenvalue weighted by Gasteiger charge is -2.55. The molecule has 5 rings (SSSR count). The van der Waals surface area contributed by atoms with E-state index < -0.39 is 16.9 Å². The predicted octanol–water partition coefficient (Wildman–Crippen LogP) is 3.01. The van der Waals surface area contributed by atoms with Gasteiger partial charge in [0.25, 0.3) is 5.69 Å². The maximum Gasteiger partial charge on any atom is 0.328 e. The molecule has 150 valence electrons. The number of rotatable bonds is 6. The standard InChI is InChI=1S/C21H26N2O5/c1-28-19(24)17(9-16-4-2-3-5-18(16)23(26)27)22-20(25)21-10-13-6-14(11-21)8-15(7-13)12-21/h2-5,13-15,17H,6-12H2,1H3,(H,22,25)/t13?,14?,15?,17-,21?/m1/s1. The van der Waals surface area contributed by atoms with Gasteiger partial charge >= 0.3 is 5.97 Å². The van der Waals surface area contributed by atoms with Crippen LogP contribution in [-0.2, 0) is 20.7 Å². The Bertz CT molecular complexity index is 770. The van der Waals surface area contributed by atoms with Gasteiger partial charge in [-0.15, -0.1) is 0 Å². The molecule has 7 heteroatoms. The smallest absolute Gasteiger partial charge is 0.328 e. The second-order valence-electron chi connectivity index (χ2n) is 8.84. The number of carbonyl (C=O) groups excluding carboxylic acids is 2. The number of nitrogens with one attached hydrogen (secondary N) is 1. The first-order valence-electron chi connectivity index (χ1n) is 10.0. The Morgan fingerprint density at radius 3 is 2.29 bits per heavy atom. The Morgan fingerprint density at radius 2 is 1.75 bits per heavy atom. The van der Waals surface area contributed by atoms with Crippen molar-refractivity contribution in [1.29, 1.82) is 0 Å². The van der Waals surface area contributed by atoms with E-state index in [-0.39, 0.29) is 23.4 Å². The zero-order valence-electron chi connectivity index (χ0n) is 16.1. The SMILES string of the molecule is COC(=O)[C@@H](Cc1ccccc1[N+](=O)[O-])NC(=O)C12CC3CC(CC(C3)C1)C2. The molecule has 0 spiro atoms. The van der Waals surface area contributed by atoms with E-state index in [1.807, 2.05) is 0 Å². The van der Waals surface area contributed by atoms with Crippen LogP contribution in [0.3, 0.4) is 0 Å². The van der Waals surface area contributed by atoms with Gasteiger partial charge in [-0.1, -0.05) is 18.2 Å². The number of nitro benzene ring substituents is 1. The zero-order valence-corrected chi connectivity index (χ0v) is 16.1. The summed E-state index contributed by atoms with van der Waals surface area (Å²) in [5.41, 5.74) is -0.0296. The molecule has 1 N–H and O–H groups in total. The topological polar surface area (TPSA) is 98.5 Å². The summed E-state index contributed by atoms with van der Waals surface area (Å²) in [6.07, 6.45) is 6.40. The molecule has 0 aromatic heterocycles. The molecule has 4 aliphatic carbocycles. The predicted molar refractivity (Wildman–Crippen MR) is 101 cm³/mol. The van der Waals surface area contributed by atoms with E-state index in [4.69, 9.17) is 4.74 Å². The highest BCUT2D eigenvalue weighted by Crippen LogP contribution is 2.60. The van der Waals surface area contributed by atoms with Gasteiger partial charge in [0.05, 0.1) is 12.0 Å². The highest BCUT2D eigenvalue weighted by molar-refractivity contribution is 5.88. The van der Waals surface area contributed by atoms with Crippen LogP contribution in [-0.4, -0.2) is 30.0 Å². The average molecular weight is 386 g/mol. The lowest BCUT2D eigenvalue weighted by Crippen LogP contribution is -2.56. The van der Waals surface area contributed by atoms with Crippen LogP contribution in [0.1, 0.15) is 44.1 Å². The van der Waals surface area contributed by atoms with Crippen LogP contribution < -0.4 is 5.32 Å². The van der Waals surface area contributed by atoms with Crippen molar-refractivity contribution in [3.63, 3.8) is 0 Å². The Morgan fingerprint density at radius 1 is 1.18 bits per heavy atom. The fraction of sp³-hybridized carbons (Fsp3) is 0.619. The Hall–Kier alpha value is -2.44. The van der Waals surface area contributed by atoms with Crippen molar-refractivity contribution in [2.45, 2.75) is 51.0 Å². The molecule has 4 saturated carbocycles. The lowest BCUT2D eigenvalue weighted by molar-refractivity contribution is -0.385. The van der Waals surface area contributed by atoms with E-state index in [0.717, 1.165) is 19.3 Å². The summed E-state index contributed by atoms with van der Waals surface area (Å²) in [6, 6.07) is 5.38. The third kappa shape index (κ3) is 3.38. The largest absolute Gasteiger partial charge is 0.467 e. The third-order valence-electron chi connectivity index (χ3n) is 6.92. The Labute approximate surface area is 164 Å². The van der Waals surface area contributed by atoms with Gasteiger partial charge in [-0.2, -0.15) is 0 Å². The number of benzene rings is 1. The van der Waals surface area contributed by atoms with Crippen molar-refractivity contribution in [3.05, 3.63) is 39.9 Å². The molecule has 1 aromatic carbocycles. The molecule has 0 unspecified atom stereocenters. The number of para-hydroxylation sites is 1. The number of carbonyl (C=O) groups is 2. The molecule has 4 aliphatic rings. The van der Waals surface area contributed by atoms with E-state index in [0.29, 0.717) is 23.3 Å². The average Bonchev–Trinajstić information content (AvgIpc) is 2.66. The van der Waals surface area contributed by atoms with Crippen LogP contribution in [0.15, 0.2) is 24.3 Å². The van der Waals surface area contributed by atoms with Crippen LogP contribution in [0.2, 0.25) is 0 Å². The number of nitro groups is 1. The number of nitrogens with zero attached hydrogens (tertiary/aromatic N) is 1. The van der Waals surface area contributed by atoms with Crippen molar-refractivity contribution in [2.24, 2.45) is 23.2 Å². The molecule has 28 heavy (non-hydrogen) atoms. The van der Waals surface area contributed by atoms with Gasteiger partial charge in [0.1, 0.15) is 6.04 Å². The van der Waals surface area contributed by atoms with Gasteiger partial charge in [-0.05, 0) is 56.3 Å². The van der Waals surface area contributed by atoms with Gasteiger partial charge in [0.2, 0.25) is 5.91 Å². The number of methoxy groups -OCH3 is 1. The number of hydrogen-bond acceptors (Lipinski definition) is 5. The van der Waals surface area contributed by atoms with E-state index in [1.54, 1.807) is 18.2 Å². The number of hydrogen-bond donors (Lipinski definition) is 1. The summed E-state index contributed by atoms with van der Waals surface area (Å²) in [4.78, 5) is 36.5. The number of esters is 1. The van der Waals surface area contributed by atoms with Crippen LogP contribution in [0.25, 0.3) is 0 Å². The van der Waals surface area contributed by atoms with E-state index in [2.05, 4.69) is 5.32 Å². The van der Waals surface area contributed by atoms with E-state index in [1.165, 1.54) is 32.4 Å². The van der Waals surface area contributed by atoms with Crippen molar-refractivity contribution in [1.82, 2.24) is 5.32 Å². The Balaban J connectivity index is 1.54. The van der Waals surface area contributed by atoms with Crippen LogP contribution >= 0.6 is 0 Å². The zero-order chi connectivity index (χ0) is 19.9. The lowest BCUT2D eigenvalue weighted by atomic mass is 9.49. The van der Waals surface area contributed by atoms with E-state index >= 15 is 0 Å². The molecule has 7 nitrogen and oxygen atoms in total. The van der Waals surface area contributed by atoms with Crippen molar-refractivity contribution in [3.8, 4) is 0 Å². The molecule has 0 radical (unpaired) electrons. The molecule has 4 bridgehead atoms. The monoisotopic (exact) mass is 386 g/mol. The van der Waals surface area contributed by atoms with Gasteiger partial charge in [-0.25, -0.2) is 4.79 Å². The second-order valence-corrected chi connectivity index (χ2v) is 8.84. The maximum absolute atomic E-state index is 13.3. The summed E-state index contributed by atoms with van der Waals surface area (Å²) in [7, 11) is 1.27. The second kappa shape index (κ2) is 7.18. The first-order chi connectivity index (χ1) is 13.4. The quantitative estimate of drug-likeness (QED) is 0.460. The van der Waals surface area contributed by atoms with Gasteiger partial charge in [0.15, 0.2) is 0 Å². The summed E-state index contributed by atoms with van der Waals surface area (Å²) >= 11 is 0. The summed E-state index contributed by atoms with van der Waals surface area (Å²) in [6.45, 7) is 0. The molecule has 1 aromatic rings. The normalized spacial score (nSPS) is 31.2. The number of amides is 1. The fourth-order valence-electron chi connectivity index (χ4n) is 6.12. The Kier molecular flexibility index (Phi) is 4.85. The molecule has 4 fully saturated rings. The van der Waals surface area contributed by atoms with Crippen LogP contribution in [0.4, 0.5) is 5.69 Å². The fourth-order valence-corrected chi connectivity index (χ4v) is 6.12. The minimum absolute atomic E-state index is 0.0436. The first-order valence-corrected chi connectivity index (χ1v) is 10.0. The van der Waals surface area contributed by atoms with Gasteiger partial charge in [-0.3, -0.25) is 14.9 Å². The molecular weight excluding hydrogens is 360 g/mol. The van der Waals surface area contributed by atoms with E-state index in [9.17, 15) is 19.7 Å². The number of ether oxygens (including phenoxy) is 1. The highest BCUT2D eigenvalue weighted by Gasteiger charge is 2.55. The molecule has 0 heterocycles. The van der Waals surface area contributed by atoms with Crippen molar-refractivity contribution in [2.75, 3.05) is 7.11 Å². The molecule has 1 atom stereocenters. The van der Waals surface area contributed by atoms with Crippen molar-refractivity contribution < 1.29 is 19.2 Å². The third-order valence-corrected chi connectivity index (χ3v) is 6.92. The van der Waals surface area contributed by atoms with Crippen LogP contribution in [0.5, 0.6) is 0 Å². The van der Waals surface area contributed by atoms with Crippen LogP contribution in [0, 0.1) is 33.3 Å². The molecule has 0 saturated heterocycles. The molecule has 0 aliphatic heterocycles. The van der Waals surface area contributed by atoms with Gasteiger partial charge < -0.3 is 10.1 Å². The summed E-state index contributed by atoms with van der Waals surface area (Å²) in [5, 5.41) is 14.2. The minimum atomic E-state index is -0.924. The summed E-state index contributed by atoms with van der Waals surface area (Å²) in [5.74, 6) is 1.19. The maximum atomic E-state index is 13.3. The molecule has 1 amide bonds. The van der Waals surface area contributed by atoms with Crippen molar-refractivity contribution >= 4 is 17.6 Å². The van der Waals surface area contributed by atoms with Gasteiger partial charge in [0, 0.05) is 23.5 Å². The minimum Gasteiger partial charge on any atom is -0.467 e. The summed E-state index contributed by atoms with van der Waals surface area (Å²) < 4.78 is 4.88. The highest BCUT2D eigenvalue weighted by atomic mass is 16.6.